The van der Waals surface area contributed by atoms with Gasteiger partial charge in [0.05, 0.1) is 18.7 Å². The lowest BCUT2D eigenvalue weighted by atomic mass is 10.2. The molecular weight excluding hydrogens is 236 g/mol. The van der Waals surface area contributed by atoms with Crippen molar-refractivity contribution < 1.29 is 13.9 Å². The van der Waals surface area contributed by atoms with Gasteiger partial charge in [0.2, 0.25) is 0 Å². The zero-order valence-corrected chi connectivity index (χ0v) is 9.09. The Morgan fingerprint density at radius 3 is 2.75 bits per heavy atom. The topological polar surface area (TPSA) is 25.2 Å². The molecule has 1 heterocycles. The predicted molar refractivity (Wildman–Crippen MR) is 58.9 cm³/mol. The number of alkyl halides is 2. The minimum absolute atomic E-state index is 0.172. The molecule has 2 nitrogen and oxygen atoms in total. The summed E-state index contributed by atoms with van der Waals surface area (Å²) in [5.74, 6) is 0. The van der Waals surface area contributed by atoms with Crippen LogP contribution in [0.25, 0.3) is 10.9 Å². The van der Waals surface area contributed by atoms with Crippen LogP contribution in [-0.4, -0.2) is 16.1 Å². The highest BCUT2D eigenvalue weighted by atomic mass is 35.5. The number of hydrogen-bond acceptors (Lipinski definition) is 1. The summed E-state index contributed by atoms with van der Waals surface area (Å²) in [6.07, 6.45) is -0.895. The molecule has 0 bridgehead atoms. The summed E-state index contributed by atoms with van der Waals surface area (Å²) in [6, 6.07) is 5.03. The van der Waals surface area contributed by atoms with Gasteiger partial charge in [-0.3, -0.25) is 0 Å². The van der Waals surface area contributed by atoms with Crippen LogP contribution in [0.1, 0.15) is 5.56 Å². The summed E-state index contributed by atoms with van der Waals surface area (Å²) in [5.41, 5.74) is 1.25. The zero-order chi connectivity index (χ0) is 11.7. The van der Waals surface area contributed by atoms with Crippen LogP contribution >= 0.6 is 11.6 Å². The van der Waals surface area contributed by atoms with Crippen LogP contribution in [0.4, 0.5) is 8.78 Å². The fourth-order valence-electron chi connectivity index (χ4n) is 1.77. The van der Waals surface area contributed by atoms with Gasteiger partial charge >= 0.3 is 0 Å². The van der Waals surface area contributed by atoms with E-state index in [0.717, 1.165) is 5.39 Å². The lowest BCUT2D eigenvalue weighted by molar-refractivity contribution is 0.128. The second-order valence-corrected chi connectivity index (χ2v) is 3.95. The molecule has 0 saturated carbocycles. The van der Waals surface area contributed by atoms with Crippen LogP contribution in [0.3, 0.4) is 0 Å². The summed E-state index contributed by atoms with van der Waals surface area (Å²) >= 11 is 5.82. The molecule has 1 aromatic heterocycles. The molecular formula is C11H10ClF2NO. The van der Waals surface area contributed by atoms with Crippen LogP contribution in [0.5, 0.6) is 0 Å². The molecule has 0 aliphatic heterocycles. The number of aliphatic hydroxyl groups is 1. The normalized spacial score (nSPS) is 11.6. The first kappa shape index (κ1) is 11.4. The van der Waals surface area contributed by atoms with Gasteiger partial charge in [-0.15, -0.1) is 0 Å². The van der Waals surface area contributed by atoms with E-state index in [-0.39, 0.29) is 6.61 Å². The molecule has 0 atom stereocenters. The Morgan fingerprint density at radius 1 is 1.38 bits per heavy atom. The third kappa shape index (κ3) is 2.03. The fourth-order valence-corrected chi connectivity index (χ4v) is 1.93. The first-order chi connectivity index (χ1) is 7.61. The molecule has 2 aromatic rings. The maximum atomic E-state index is 12.3. The van der Waals surface area contributed by atoms with Crippen molar-refractivity contribution in [1.82, 2.24) is 4.57 Å². The second kappa shape index (κ2) is 4.39. The summed E-state index contributed by atoms with van der Waals surface area (Å²) in [5, 5.41) is 10.4. The third-order valence-corrected chi connectivity index (χ3v) is 2.67. The van der Waals surface area contributed by atoms with Gasteiger partial charge in [-0.2, -0.15) is 0 Å². The number of halogens is 3. The summed E-state index contributed by atoms with van der Waals surface area (Å²) in [4.78, 5) is 0. The molecule has 5 heteroatoms. The molecule has 2 rings (SSSR count). The van der Waals surface area contributed by atoms with E-state index in [1.807, 2.05) is 0 Å². The predicted octanol–water partition coefficient (Wildman–Crippen LogP) is 3.05. The Labute approximate surface area is 96.1 Å². The molecule has 0 amide bonds. The molecule has 1 aromatic carbocycles. The quantitative estimate of drug-likeness (QED) is 0.883. The Hall–Kier alpha value is -1.13. The Balaban J connectivity index is 2.59. The van der Waals surface area contributed by atoms with Gasteiger partial charge in [-0.25, -0.2) is 8.78 Å². The van der Waals surface area contributed by atoms with Crippen molar-refractivity contribution in [2.24, 2.45) is 0 Å². The standard InChI is InChI=1S/C11H10ClF2NO/c12-8-1-2-9-7(6-16)4-15(5-11(13)14)10(9)3-8/h1-4,11,16H,5-6H2. The minimum atomic E-state index is -2.43. The van der Waals surface area contributed by atoms with Crippen LogP contribution in [-0.2, 0) is 13.2 Å². The smallest absolute Gasteiger partial charge is 0.256 e. The van der Waals surface area contributed by atoms with E-state index in [9.17, 15) is 8.78 Å². The van der Waals surface area contributed by atoms with E-state index < -0.39 is 13.0 Å². The highest BCUT2D eigenvalue weighted by Gasteiger charge is 2.11. The van der Waals surface area contributed by atoms with Gasteiger partial charge in [0, 0.05) is 22.2 Å². The van der Waals surface area contributed by atoms with Gasteiger partial charge in [0.1, 0.15) is 0 Å². The maximum Gasteiger partial charge on any atom is 0.256 e. The fraction of sp³-hybridized carbons (Fsp3) is 0.273. The summed E-state index contributed by atoms with van der Waals surface area (Å²) in [6.45, 7) is -0.564. The van der Waals surface area contributed by atoms with E-state index in [4.69, 9.17) is 16.7 Å². The van der Waals surface area contributed by atoms with Crippen molar-refractivity contribution in [2.45, 2.75) is 19.6 Å². The average Bonchev–Trinajstić information content (AvgIpc) is 2.55. The van der Waals surface area contributed by atoms with E-state index >= 15 is 0 Å². The first-order valence-electron chi connectivity index (χ1n) is 4.78. The van der Waals surface area contributed by atoms with Crippen LogP contribution in [0.2, 0.25) is 5.02 Å². The molecule has 16 heavy (non-hydrogen) atoms. The second-order valence-electron chi connectivity index (χ2n) is 3.52. The molecule has 1 N–H and O–H groups in total. The van der Waals surface area contributed by atoms with Gasteiger partial charge in [0.25, 0.3) is 6.43 Å². The number of aliphatic hydroxyl groups excluding tert-OH is 1. The molecule has 0 unspecified atom stereocenters. The minimum Gasteiger partial charge on any atom is -0.392 e. The first-order valence-corrected chi connectivity index (χ1v) is 5.16. The molecule has 0 aliphatic carbocycles. The number of nitrogens with zero attached hydrogens (tertiary/aromatic N) is 1. The average molecular weight is 246 g/mol. The summed E-state index contributed by atoms with van der Waals surface area (Å²) in [7, 11) is 0. The van der Waals surface area contributed by atoms with Gasteiger partial charge in [-0.05, 0) is 12.1 Å². The van der Waals surface area contributed by atoms with Crippen molar-refractivity contribution in [3.05, 3.63) is 35.0 Å². The van der Waals surface area contributed by atoms with Crippen LogP contribution in [0.15, 0.2) is 24.4 Å². The lowest BCUT2D eigenvalue weighted by Crippen LogP contribution is -2.04. The van der Waals surface area contributed by atoms with E-state index in [1.54, 1.807) is 18.2 Å². The lowest BCUT2D eigenvalue weighted by Gasteiger charge is -2.03. The van der Waals surface area contributed by atoms with E-state index in [2.05, 4.69) is 0 Å². The van der Waals surface area contributed by atoms with Gasteiger partial charge in [-0.1, -0.05) is 17.7 Å². The van der Waals surface area contributed by atoms with E-state index in [1.165, 1.54) is 10.8 Å². The molecule has 0 fully saturated rings. The van der Waals surface area contributed by atoms with Crippen molar-refractivity contribution in [1.29, 1.82) is 0 Å². The largest absolute Gasteiger partial charge is 0.392 e. The summed E-state index contributed by atoms with van der Waals surface area (Å²) < 4.78 is 26.1. The number of rotatable bonds is 3. The molecule has 0 spiro atoms. The number of hydrogen-bond donors (Lipinski definition) is 1. The van der Waals surface area contributed by atoms with Crippen molar-refractivity contribution >= 4 is 22.5 Å². The van der Waals surface area contributed by atoms with E-state index in [0.29, 0.717) is 16.1 Å². The van der Waals surface area contributed by atoms with Crippen LogP contribution in [0, 0.1) is 0 Å². The number of fused-ring (bicyclic) bond motifs is 1. The Kier molecular flexibility index (Phi) is 3.12. The van der Waals surface area contributed by atoms with Crippen molar-refractivity contribution in [2.75, 3.05) is 0 Å². The molecule has 0 aliphatic rings. The van der Waals surface area contributed by atoms with Crippen molar-refractivity contribution in [3.63, 3.8) is 0 Å². The molecule has 0 saturated heterocycles. The molecule has 86 valence electrons. The zero-order valence-electron chi connectivity index (χ0n) is 8.33. The van der Waals surface area contributed by atoms with Crippen molar-refractivity contribution in [3.8, 4) is 0 Å². The number of benzene rings is 1. The molecule has 0 radical (unpaired) electrons. The third-order valence-electron chi connectivity index (χ3n) is 2.43. The highest BCUT2D eigenvalue weighted by molar-refractivity contribution is 6.31. The maximum absolute atomic E-state index is 12.3. The monoisotopic (exact) mass is 245 g/mol. The number of aromatic nitrogens is 1. The van der Waals surface area contributed by atoms with Crippen LogP contribution < -0.4 is 0 Å². The Bertz CT molecular complexity index is 510. The van der Waals surface area contributed by atoms with Gasteiger partial charge in [0.15, 0.2) is 0 Å². The Morgan fingerprint density at radius 2 is 2.12 bits per heavy atom. The SMILES string of the molecule is OCc1cn(CC(F)F)c2cc(Cl)ccc12. The van der Waals surface area contributed by atoms with Gasteiger partial charge < -0.3 is 9.67 Å². The highest BCUT2D eigenvalue weighted by Crippen LogP contribution is 2.25.